The number of carbonyl (C=O) groups excluding carboxylic acids is 1. The molecule has 0 spiro atoms. The predicted molar refractivity (Wildman–Crippen MR) is 79.1 cm³/mol. The van der Waals surface area contributed by atoms with E-state index in [0.717, 1.165) is 17.3 Å². The fraction of sp³-hybridized carbons (Fsp3) is 0.533. The van der Waals surface area contributed by atoms with E-state index in [1.54, 1.807) is 0 Å². The molecule has 1 saturated carbocycles. The number of halogens is 1. The van der Waals surface area contributed by atoms with E-state index in [9.17, 15) is 9.90 Å². The van der Waals surface area contributed by atoms with Crippen LogP contribution in [0.3, 0.4) is 0 Å². The third kappa shape index (κ3) is 3.80. The summed E-state index contributed by atoms with van der Waals surface area (Å²) >= 11 is 3.37. The van der Waals surface area contributed by atoms with Gasteiger partial charge in [-0.3, -0.25) is 4.79 Å². The normalized spacial score (nSPS) is 16.3. The summed E-state index contributed by atoms with van der Waals surface area (Å²) in [5, 5.41) is 9.21. The van der Waals surface area contributed by atoms with Gasteiger partial charge in [-0.15, -0.1) is 0 Å². The van der Waals surface area contributed by atoms with Crippen molar-refractivity contribution in [1.82, 2.24) is 4.90 Å². The van der Waals surface area contributed by atoms with Crippen LogP contribution in [-0.2, 0) is 0 Å². The van der Waals surface area contributed by atoms with E-state index in [-0.39, 0.29) is 18.6 Å². The Morgan fingerprint density at radius 3 is 2.42 bits per heavy atom. The quantitative estimate of drug-likeness (QED) is 0.923. The lowest BCUT2D eigenvalue weighted by Crippen LogP contribution is -2.43. The van der Waals surface area contributed by atoms with Gasteiger partial charge in [0.2, 0.25) is 0 Å². The van der Waals surface area contributed by atoms with Gasteiger partial charge in [0.25, 0.3) is 5.91 Å². The highest BCUT2D eigenvalue weighted by Gasteiger charge is 2.25. The van der Waals surface area contributed by atoms with Gasteiger partial charge in [-0.1, -0.05) is 35.2 Å². The molecular formula is C15H20BrNO2. The molecule has 0 radical (unpaired) electrons. The molecule has 1 aliphatic carbocycles. The number of aliphatic hydroxyl groups excluding tert-OH is 1. The van der Waals surface area contributed by atoms with Crippen molar-refractivity contribution in [3.8, 4) is 0 Å². The number of nitrogens with zero attached hydrogens (tertiary/aromatic N) is 1. The average Bonchev–Trinajstić information content (AvgIpc) is 2.46. The number of carbonyl (C=O) groups is 1. The van der Waals surface area contributed by atoms with E-state index >= 15 is 0 Å². The van der Waals surface area contributed by atoms with Gasteiger partial charge in [0.05, 0.1) is 6.61 Å². The number of amides is 1. The van der Waals surface area contributed by atoms with Crippen LogP contribution in [0.1, 0.15) is 42.5 Å². The molecule has 0 aromatic heterocycles. The highest BCUT2D eigenvalue weighted by atomic mass is 79.9. The lowest BCUT2D eigenvalue weighted by molar-refractivity contribution is 0.0585. The van der Waals surface area contributed by atoms with E-state index in [2.05, 4.69) is 15.9 Å². The molecule has 0 aliphatic heterocycles. The van der Waals surface area contributed by atoms with Crippen molar-refractivity contribution in [1.29, 1.82) is 0 Å². The van der Waals surface area contributed by atoms with E-state index < -0.39 is 0 Å². The number of aliphatic hydroxyl groups is 1. The molecule has 1 amide bonds. The van der Waals surface area contributed by atoms with Gasteiger partial charge >= 0.3 is 0 Å². The SMILES string of the molecule is O=C(c1ccc(Br)cc1)N(CCO)C1CCCCC1. The Hall–Kier alpha value is -0.870. The minimum atomic E-state index is 0.0266. The fourth-order valence-electron chi connectivity index (χ4n) is 2.71. The van der Waals surface area contributed by atoms with Crippen molar-refractivity contribution in [2.75, 3.05) is 13.2 Å². The number of hydrogen-bond donors (Lipinski definition) is 1. The minimum Gasteiger partial charge on any atom is -0.395 e. The molecule has 4 heteroatoms. The Bertz CT molecular complexity index is 413. The molecule has 0 atom stereocenters. The Kier molecular flexibility index (Phi) is 5.40. The number of benzene rings is 1. The van der Waals surface area contributed by atoms with Gasteiger partial charge in [-0.2, -0.15) is 0 Å². The van der Waals surface area contributed by atoms with Crippen LogP contribution in [0.25, 0.3) is 0 Å². The summed E-state index contributed by atoms with van der Waals surface area (Å²) in [5.41, 5.74) is 0.697. The lowest BCUT2D eigenvalue weighted by atomic mass is 9.93. The zero-order valence-corrected chi connectivity index (χ0v) is 12.6. The van der Waals surface area contributed by atoms with Crippen molar-refractivity contribution in [3.63, 3.8) is 0 Å². The fourth-order valence-corrected chi connectivity index (χ4v) is 2.97. The average molecular weight is 326 g/mol. The maximum absolute atomic E-state index is 12.5. The standard InChI is InChI=1S/C15H20BrNO2/c16-13-8-6-12(7-9-13)15(19)17(10-11-18)14-4-2-1-3-5-14/h6-9,14,18H,1-5,10-11H2. The summed E-state index contributed by atoms with van der Waals surface area (Å²) < 4.78 is 0.968. The third-order valence-electron chi connectivity index (χ3n) is 3.71. The molecule has 0 saturated heterocycles. The molecule has 1 aromatic carbocycles. The first-order chi connectivity index (χ1) is 9.22. The Morgan fingerprint density at radius 1 is 1.21 bits per heavy atom. The molecule has 0 unspecified atom stereocenters. The van der Waals surface area contributed by atoms with Crippen LogP contribution in [0.15, 0.2) is 28.7 Å². The molecule has 104 valence electrons. The van der Waals surface area contributed by atoms with Crippen molar-refractivity contribution < 1.29 is 9.90 Å². The third-order valence-corrected chi connectivity index (χ3v) is 4.24. The zero-order valence-electron chi connectivity index (χ0n) is 11.0. The smallest absolute Gasteiger partial charge is 0.254 e. The molecule has 3 nitrogen and oxygen atoms in total. The van der Waals surface area contributed by atoms with E-state index in [0.29, 0.717) is 12.1 Å². The second-order valence-corrected chi connectivity index (χ2v) is 5.94. The van der Waals surface area contributed by atoms with Crippen LogP contribution in [-0.4, -0.2) is 35.1 Å². The molecule has 19 heavy (non-hydrogen) atoms. The highest BCUT2D eigenvalue weighted by molar-refractivity contribution is 9.10. The maximum Gasteiger partial charge on any atom is 0.254 e. The first-order valence-electron chi connectivity index (χ1n) is 6.90. The summed E-state index contributed by atoms with van der Waals surface area (Å²) in [6.45, 7) is 0.457. The zero-order chi connectivity index (χ0) is 13.7. The lowest BCUT2D eigenvalue weighted by Gasteiger charge is -2.34. The summed E-state index contributed by atoms with van der Waals surface area (Å²) in [6.07, 6.45) is 5.74. The van der Waals surface area contributed by atoms with Crippen LogP contribution in [0.2, 0.25) is 0 Å². The first kappa shape index (κ1) is 14.5. The van der Waals surface area contributed by atoms with Crippen LogP contribution >= 0.6 is 15.9 Å². The van der Waals surface area contributed by atoms with Crippen molar-refractivity contribution in [3.05, 3.63) is 34.3 Å². The van der Waals surface area contributed by atoms with Gasteiger partial charge < -0.3 is 10.0 Å². The van der Waals surface area contributed by atoms with Gasteiger partial charge in [0.15, 0.2) is 0 Å². The van der Waals surface area contributed by atoms with E-state index in [1.165, 1.54) is 19.3 Å². The molecule has 2 rings (SSSR count). The largest absolute Gasteiger partial charge is 0.395 e. The summed E-state index contributed by atoms with van der Waals surface area (Å²) in [6, 6.07) is 7.72. The van der Waals surface area contributed by atoms with Crippen LogP contribution in [0.5, 0.6) is 0 Å². The van der Waals surface area contributed by atoms with Crippen molar-refractivity contribution >= 4 is 21.8 Å². The minimum absolute atomic E-state index is 0.0266. The monoisotopic (exact) mass is 325 g/mol. The van der Waals surface area contributed by atoms with E-state index in [1.807, 2.05) is 29.2 Å². The Balaban J connectivity index is 2.13. The van der Waals surface area contributed by atoms with Crippen molar-refractivity contribution in [2.45, 2.75) is 38.1 Å². The van der Waals surface area contributed by atoms with Gasteiger partial charge in [0.1, 0.15) is 0 Å². The van der Waals surface area contributed by atoms with Crippen LogP contribution < -0.4 is 0 Å². The summed E-state index contributed by atoms with van der Waals surface area (Å²) in [4.78, 5) is 14.4. The molecular weight excluding hydrogens is 306 g/mol. The topological polar surface area (TPSA) is 40.5 Å². The Labute approximate surface area is 122 Å². The second kappa shape index (κ2) is 7.06. The van der Waals surface area contributed by atoms with Crippen molar-refractivity contribution in [2.24, 2.45) is 0 Å². The highest BCUT2D eigenvalue weighted by Crippen LogP contribution is 2.24. The molecule has 1 aromatic rings. The van der Waals surface area contributed by atoms with Gasteiger partial charge in [-0.25, -0.2) is 0 Å². The molecule has 1 fully saturated rings. The molecule has 1 N–H and O–H groups in total. The second-order valence-electron chi connectivity index (χ2n) is 5.02. The predicted octanol–water partition coefficient (Wildman–Crippen LogP) is 3.22. The maximum atomic E-state index is 12.5. The number of hydrogen-bond acceptors (Lipinski definition) is 2. The molecule has 0 heterocycles. The molecule has 0 bridgehead atoms. The van der Waals surface area contributed by atoms with Crippen LogP contribution in [0.4, 0.5) is 0 Å². The van der Waals surface area contributed by atoms with E-state index in [4.69, 9.17) is 0 Å². The Morgan fingerprint density at radius 2 is 1.84 bits per heavy atom. The van der Waals surface area contributed by atoms with Gasteiger partial charge in [-0.05, 0) is 37.1 Å². The summed E-state index contributed by atoms with van der Waals surface area (Å²) in [5.74, 6) is 0.0356. The molecule has 1 aliphatic rings. The number of rotatable bonds is 4. The van der Waals surface area contributed by atoms with Crippen LogP contribution in [0, 0.1) is 0 Å². The van der Waals surface area contributed by atoms with Gasteiger partial charge in [0, 0.05) is 22.6 Å². The first-order valence-corrected chi connectivity index (χ1v) is 7.69. The summed E-state index contributed by atoms with van der Waals surface area (Å²) in [7, 11) is 0.